The minimum absolute atomic E-state index is 0.467. The van der Waals surface area contributed by atoms with Crippen LogP contribution in [0.25, 0.3) is 0 Å². The first-order valence-electron chi connectivity index (χ1n) is 7.15. The maximum absolute atomic E-state index is 4.45. The minimum atomic E-state index is 0.467. The van der Waals surface area contributed by atoms with Gasteiger partial charge in [0.05, 0.1) is 0 Å². The summed E-state index contributed by atoms with van der Waals surface area (Å²) >= 11 is 0. The summed E-state index contributed by atoms with van der Waals surface area (Å²) in [5.41, 5.74) is 1.19. The quantitative estimate of drug-likeness (QED) is 0.862. The van der Waals surface area contributed by atoms with Crippen molar-refractivity contribution < 1.29 is 0 Å². The number of rotatable bonds is 4. The first-order valence-corrected chi connectivity index (χ1v) is 7.15. The van der Waals surface area contributed by atoms with Crippen LogP contribution in [0, 0.1) is 6.92 Å². The average molecular weight is 250 g/mol. The molecule has 0 bridgehead atoms. The molecule has 0 amide bonds. The number of anilines is 1. The van der Waals surface area contributed by atoms with E-state index in [9.17, 15) is 0 Å². The highest BCUT2D eigenvalue weighted by Crippen LogP contribution is 2.15. The van der Waals surface area contributed by atoms with Crippen molar-refractivity contribution in [3.05, 3.63) is 11.8 Å². The monoisotopic (exact) mass is 250 g/mol. The van der Waals surface area contributed by atoms with Crippen LogP contribution in [-0.2, 0) is 7.05 Å². The number of nitrogens with zero attached hydrogens (tertiary/aromatic N) is 2. The van der Waals surface area contributed by atoms with Gasteiger partial charge in [0.25, 0.3) is 0 Å². The van der Waals surface area contributed by atoms with E-state index in [0.29, 0.717) is 12.1 Å². The van der Waals surface area contributed by atoms with Gasteiger partial charge in [-0.05, 0) is 39.7 Å². The summed E-state index contributed by atoms with van der Waals surface area (Å²) in [6, 6.07) is 3.24. The maximum atomic E-state index is 4.45. The van der Waals surface area contributed by atoms with E-state index in [1.165, 1.54) is 44.3 Å². The van der Waals surface area contributed by atoms with Gasteiger partial charge in [0.1, 0.15) is 5.82 Å². The third-order valence-corrected chi connectivity index (χ3v) is 3.81. The highest BCUT2D eigenvalue weighted by Gasteiger charge is 2.15. The van der Waals surface area contributed by atoms with Crippen molar-refractivity contribution in [3.8, 4) is 0 Å². The predicted molar refractivity (Wildman–Crippen MR) is 75.9 cm³/mol. The van der Waals surface area contributed by atoms with E-state index < -0.39 is 0 Å². The standard InChI is InChI=1S/C14H26N4/c1-11(9-13-7-5-4-6-8-15-13)16-14-10-12(2)18(3)17-14/h10-11,13,15H,4-9H2,1-3H3,(H,16,17). The van der Waals surface area contributed by atoms with E-state index >= 15 is 0 Å². The van der Waals surface area contributed by atoms with Gasteiger partial charge in [-0.25, -0.2) is 0 Å². The largest absolute Gasteiger partial charge is 0.366 e. The Morgan fingerprint density at radius 3 is 3.06 bits per heavy atom. The van der Waals surface area contributed by atoms with Gasteiger partial charge in [-0.3, -0.25) is 4.68 Å². The lowest BCUT2D eigenvalue weighted by atomic mass is 10.0. The van der Waals surface area contributed by atoms with Crippen LogP contribution in [0.4, 0.5) is 5.82 Å². The molecule has 1 fully saturated rings. The van der Waals surface area contributed by atoms with Gasteiger partial charge < -0.3 is 10.6 Å². The number of hydrogen-bond donors (Lipinski definition) is 2. The van der Waals surface area contributed by atoms with Crippen LogP contribution in [0.1, 0.15) is 44.7 Å². The molecule has 1 aromatic rings. The van der Waals surface area contributed by atoms with Crippen LogP contribution >= 0.6 is 0 Å². The summed E-state index contributed by atoms with van der Waals surface area (Å²) in [6.45, 7) is 5.51. The summed E-state index contributed by atoms with van der Waals surface area (Å²) in [5.74, 6) is 0.996. The normalized spacial score (nSPS) is 22.5. The molecule has 1 aliphatic rings. The van der Waals surface area contributed by atoms with Crippen LogP contribution in [0.15, 0.2) is 6.07 Å². The summed E-state index contributed by atoms with van der Waals surface area (Å²) < 4.78 is 1.92. The molecular weight excluding hydrogens is 224 g/mol. The second-order valence-electron chi connectivity index (χ2n) is 5.58. The van der Waals surface area contributed by atoms with E-state index in [2.05, 4.69) is 35.6 Å². The topological polar surface area (TPSA) is 41.9 Å². The lowest BCUT2D eigenvalue weighted by Crippen LogP contribution is -2.33. The SMILES string of the molecule is Cc1cc(NC(C)CC2CCCCCN2)nn1C. The van der Waals surface area contributed by atoms with Gasteiger partial charge in [-0.2, -0.15) is 5.10 Å². The second-order valence-corrected chi connectivity index (χ2v) is 5.58. The summed E-state index contributed by atoms with van der Waals surface area (Å²) in [5, 5.41) is 11.6. The van der Waals surface area contributed by atoms with E-state index in [1.807, 2.05) is 11.7 Å². The maximum Gasteiger partial charge on any atom is 0.148 e. The van der Waals surface area contributed by atoms with E-state index in [-0.39, 0.29) is 0 Å². The molecule has 0 aliphatic carbocycles. The lowest BCUT2D eigenvalue weighted by molar-refractivity contribution is 0.455. The zero-order chi connectivity index (χ0) is 13.0. The van der Waals surface area contributed by atoms with Crippen LogP contribution in [0.5, 0.6) is 0 Å². The molecule has 18 heavy (non-hydrogen) atoms. The summed E-state index contributed by atoms with van der Waals surface area (Å²) in [7, 11) is 1.98. The zero-order valence-corrected chi connectivity index (χ0v) is 11.9. The molecule has 0 saturated carbocycles. The van der Waals surface area contributed by atoms with Crippen LogP contribution in [-0.4, -0.2) is 28.4 Å². The number of aromatic nitrogens is 2. The molecule has 1 aliphatic heterocycles. The Kier molecular flexibility index (Phi) is 4.64. The fraction of sp³-hybridized carbons (Fsp3) is 0.786. The van der Waals surface area contributed by atoms with Crippen molar-refractivity contribution in [2.45, 2.75) is 58.0 Å². The molecule has 102 valence electrons. The van der Waals surface area contributed by atoms with Gasteiger partial charge >= 0.3 is 0 Å². The highest BCUT2D eigenvalue weighted by atomic mass is 15.3. The van der Waals surface area contributed by atoms with Crippen LogP contribution in [0.2, 0.25) is 0 Å². The van der Waals surface area contributed by atoms with Gasteiger partial charge in [-0.15, -0.1) is 0 Å². The second kappa shape index (κ2) is 6.23. The highest BCUT2D eigenvalue weighted by molar-refractivity contribution is 5.36. The van der Waals surface area contributed by atoms with Gasteiger partial charge in [0, 0.05) is 30.9 Å². The van der Waals surface area contributed by atoms with Crippen molar-refractivity contribution >= 4 is 5.82 Å². The van der Waals surface area contributed by atoms with Gasteiger partial charge in [0.2, 0.25) is 0 Å². The molecule has 0 aromatic carbocycles. The van der Waals surface area contributed by atoms with Crippen LogP contribution < -0.4 is 10.6 Å². The Hall–Kier alpha value is -1.03. The van der Waals surface area contributed by atoms with Gasteiger partial charge in [0.15, 0.2) is 0 Å². The number of hydrogen-bond acceptors (Lipinski definition) is 3. The molecule has 0 radical (unpaired) electrons. The molecule has 2 rings (SSSR count). The molecule has 1 saturated heterocycles. The Morgan fingerprint density at radius 1 is 1.50 bits per heavy atom. The predicted octanol–water partition coefficient (Wildman–Crippen LogP) is 2.45. The average Bonchev–Trinajstić information content (AvgIpc) is 2.55. The molecular formula is C14H26N4. The van der Waals surface area contributed by atoms with Crippen molar-refractivity contribution in [1.82, 2.24) is 15.1 Å². The fourth-order valence-electron chi connectivity index (χ4n) is 2.67. The molecule has 4 heteroatoms. The molecule has 2 unspecified atom stereocenters. The van der Waals surface area contributed by atoms with Crippen LogP contribution in [0.3, 0.4) is 0 Å². The van der Waals surface area contributed by atoms with Crippen molar-refractivity contribution in [1.29, 1.82) is 0 Å². The summed E-state index contributed by atoms with van der Waals surface area (Å²) in [6.07, 6.45) is 6.57. The third kappa shape index (κ3) is 3.73. The number of nitrogens with one attached hydrogen (secondary N) is 2. The summed E-state index contributed by atoms with van der Waals surface area (Å²) in [4.78, 5) is 0. The Bertz CT molecular complexity index is 344. The molecule has 2 N–H and O–H groups in total. The Balaban J connectivity index is 1.82. The van der Waals surface area contributed by atoms with Crippen molar-refractivity contribution in [3.63, 3.8) is 0 Å². The van der Waals surface area contributed by atoms with Crippen molar-refractivity contribution in [2.75, 3.05) is 11.9 Å². The zero-order valence-electron chi connectivity index (χ0n) is 11.9. The van der Waals surface area contributed by atoms with E-state index in [0.717, 1.165) is 5.82 Å². The third-order valence-electron chi connectivity index (χ3n) is 3.81. The molecule has 1 aromatic heterocycles. The molecule has 0 spiro atoms. The first kappa shape index (κ1) is 13.4. The molecule has 2 heterocycles. The Labute approximate surface area is 110 Å². The lowest BCUT2D eigenvalue weighted by Gasteiger charge is -2.21. The van der Waals surface area contributed by atoms with Crippen molar-refractivity contribution in [2.24, 2.45) is 7.05 Å². The van der Waals surface area contributed by atoms with Gasteiger partial charge in [-0.1, -0.05) is 12.8 Å². The minimum Gasteiger partial charge on any atom is -0.366 e. The smallest absolute Gasteiger partial charge is 0.148 e. The van der Waals surface area contributed by atoms with E-state index in [1.54, 1.807) is 0 Å². The molecule has 4 nitrogen and oxygen atoms in total. The fourth-order valence-corrected chi connectivity index (χ4v) is 2.67. The molecule has 2 atom stereocenters. The van der Waals surface area contributed by atoms with E-state index in [4.69, 9.17) is 0 Å². The Morgan fingerprint density at radius 2 is 2.33 bits per heavy atom. The number of aryl methyl sites for hydroxylation is 2. The first-order chi connectivity index (χ1) is 8.65.